The number of hydrogen-bond acceptors (Lipinski definition) is 5. The lowest BCUT2D eigenvalue weighted by molar-refractivity contribution is 0.392. The van der Waals surface area contributed by atoms with Crippen LogP contribution in [0.25, 0.3) is 0 Å². The molecule has 2 heterocycles. The Morgan fingerprint density at radius 3 is 2.71 bits per heavy atom. The fraction of sp³-hybridized carbons (Fsp3) is 0.364. The minimum Gasteiger partial charge on any atom is -0.363 e. The Morgan fingerprint density at radius 2 is 2.12 bits per heavy atom. The summed E-state index contributed by atoms with van der Waals surface area (Å²) >= 11 is 0. The second kappa shape index (κ2) is 4.48. The van der Waals surface area contributed by atoms with Crippen molar-refractivity contribution >= 4 is 5.82 Å². The summed E-state index contributed by atoms with van der Waals surface area (Å²) in [7, 11) is 0. The van der Waals surface area contributed by atoms with Gasteiger partial charge < -0.3 is 9.84 Å². The maximum Gasteiger partial charge on any atom is 0.217 e. The molecule has 2 aromatic rings. The molecule has 17 heavy (non-hydrogen) atoms. The molecule has 0 radical (unpaired) electrons. The monoisotopic (exact) mass is 236 g/mol. The molecule has 90 valence electrons. The number of nitrogens with one attached hydrogen (secondary N) is 1. The number of hydrogen-bond donors (Lipinski definition) is 1. The zero-order valence-corrected chi connectivity index (χ0v) is 9.86. The largest absolute Gasteiger partial charge is 0.363 e. The van der Waals surface area contributed by atoms with Crippen molar-refractivity contribution in [2.45, 2.75) is 26.8 Å². The van der Waals surface area contributed by atoms with E-state index < -0.39 is 5.95 Å². The number of rotatable bonds is 3. The molecule has 1 atom stereocenters. The molecule has 2 rings (SSSR count). The van der Waals surface area contributed by atoms with Crippen molar-refractivity contribution in [3.8, 4) is 0 Å². The Bertz CT molecular complexity index is 506. The number of aryl methyl sites for hydroxylation is 2. The van der Waals surface area contributed by atoms with Gasteiger partial charge in [0.2, 0.25) is 5.95 Å². The van der Waals surface area contributed by atoms with Crippen LogP contribution in [0.1, 0.15) is 30.0 Å². The molecule has 0 saturated carbocycles. The molecule has 0 aliphatic heterocycles. The first-order valence-corrected chi connectivity index (χ1v) is 5.24. The van der Waals surface area contributed by atoms with E-state index in [1.807, 2.05) is 20.8 Å². The van der Waals surface area contributed by atoms with Crippen molar-refractivity contribution in [1.82, 2.24) is 15.1 Å². The highest BCUT2D eigenvalue weighted by Gasteiger charge is 2.16. The quantitative estimate of drug-likeness (QED) is 0.829. The molecular weight excluding hydrogens is 223 g/mol. The summed E-state index contributed by atoms with van der Waals surface area (Å²) in [4.78, 5) is 7.33. The highest BCUT2D eigenvalue weighted by Crippen LogP contribution is 2.23. The minimum absolute atomic E-state index is 0.0597. The molecule has 0 aliphatic carbocycles. The Hall–Kier alpha value is -1.98. The average Bonchev–Trinajstić information content (AvgIpc) is 2.58. The summed E-state index contributed by atoms with van der Waals surface area (Å²) in [5.41, 5.74) is 1.78. The predicted octanol–water partition coefficient (Wildman–Crippen LogP) is 2.39. The number of aromatic nitrogens is 3. The highest BCUT2D eigenvalue weighted by atomic mass is 19.1. The summed E-state index contributed by atoms with van der Waals surface area (Å²) in [6, 6.07) is 1.19. The first-order valence-electron chi connectivity index (χ1n) is 5.24. The van der Waals surface area contributed by atoms with Crippen LogP contribution in [0.15, 0.2) is 16.9 Å². The lowest BCUT2D eigenvalue weighted by Gasteiger charge is -2.13. The van der Waals surface area contributed by atoms with Gasteiger partial charge in [-0.2, -0.15) is 4.39 Å². The van der Waals surface area contributed by atoms with Crippen LogP contribution in [0.4, 0.5) is 10.2 Å². The van der Waals surface area contributed by atoms with Gasteiger partial charge >= 0.3 is 0 Å². The smallest absolute Gasteiger partial charge is 0.217 e. The van der Waals surface area contributed by atoms with Crippen LogP contribution in [-0.2, 0) is 0 Å². The maximum absolute atomic E-state index is 12.9. The van der Waals surface area contributed by atoms with E-state index in [2.05, 4.69) is 20.4 Å². The summed E-state index contributed by atoms with van der Waals surface area (Å²) in [5.74, 6) is 0.621. The molecular formula is C11H13FN4O. The van der Waals surface area contributed by atoms with E-state index >= 15 is 0 Å². The van der Waals surface area contributed by atoms with Crippen LogP contribution < -0.4 is 5.32 Å². The van der Waals surface area contributed by atoms with E-state index in [4.69, 9.17) is 4.52 Å². The molecule has 1 N–H and O–H groups in total. The lowest BCUT2D eigenvalue weighted by Crippen LogP contribution is -2.10. The molecule has 2 aromatic heterocycles. The Kier molecular flexibility index (Phi) is 3.03. The van der Waals surface area contributed by atoms with Crippen LogP contribution >= 0.6 is 0 Å². The summed E-state index contributed by atoms with van der Waals surface area (Å²) in [6.45, 7) is 5.64. The third kappa shape index (κ3) is 2.41. The molecule has 0 bridgehead atoms. The van der Waals surface area contributed by atoms with Gasteiger partial charge in [-0.05, 0) is 20.8 Å². The molecule has 6 heteroatoms. The normalized spacial score (nSPS) is 12.5. The minimum atomic E-state index is -0.562. The Balaban J connectivity index is 2.20. The van der Waals surface area contributed by atoms with E-state index in [0.717, 1.165) is 17.0 Å². The third-order valence-corrected chi connectivity index (χ3v) is 2.52. The van der Waals surface area contributed by atoms with Gasteiger partial charge in [0, 0.05) is 11.6 Å². The van der Waals surface area contributed by atoms with Crippen molar-refractivity contribution in [2.24, 2.45) is 0 Å². The molecule has 1 unspecified atom stereocenters. The molecule has 0 fully saturated rings. The van der Waals surface area contributed by atoms with Gasteiger partial charge in [0.05, 0.1) is 11.7 Å². The zero-order valence-electron chi connectivity index (χ0n) is 9.86. The number of anilines is 1. The topological polar surface area (TPSA) is 63.8 Å². The van der Waals surface area contributed by atoms with Crippen molar-refractivity contribution in [3.63, 3.8) is 0 Å². The molecule has 0 amide bonds. The molecule has 0 aromatic carbocycles. The van der Waals surface area contributed by atoms with Gasteiger partial charge in [0.1, 0.15) is 17.9 Å². The van der Waals surface area contributed by atoms with Crippen molar-refractivity contribution < 1.29 is 8.91 Å². The maximum atomic E-state index is 12.9. The van der Waals surface area contributed by atoms with Crippen LogP contribution in [-0.4, -0.2) is 15.1 Å². The first-order chi connectivity index (χ1) is 8.08. The molecule has 5 nitrogen and oxygen atoms in total. The van der Waals surface area contributed by atoms with Crippen molar-refractivity contribution in [1.29, 1.82) is 0 Å². The van der Waals surface area contributed by atoms with Crippen LogP contribution in [0.3, 0.4) is 0 Å². The zero-order chi connectivity index (χ0) is 12.4. The first kappa shape index (κ1) is 11.5. The van der Waals surface area contributed by atoms with Crippen molar-refractivity contribution in [2.75, 3.05) is 5.32 Å². The van der Waals surface area contributed by atoms with E-state index in [1.54, 1.807) is 0 Å². The third-order valence-electron chi connectivity index (χ3n) is 2.52. The van der Waals surface area contributed by atoms with Crippen LogP contribution in [0.2, 0.25) is 0 Å². The fourth-order valence-electron chi connectivity index (χ4n) is 1.81. The summed E-state index contributed by atoms with van der Waals surface area (Å²) in [5, 5.41) is 6.95. The predicted molar refractivity (Wildman–Crippen MR) is 60.0 cm³/mol. The van der Waals surface area contributed by atoms with Crippen molar-refractivity contribution in [3.05, 3.63) is 35.4 Å². The fourth-order valence-corrected chi connectivity index (χ4v) is 1.81. The lowest BCUT2D eigenvalue weighted by atomic mass is 10.1. The standard InChI is InChI=1S/C11H13FN4O/c1-6(11-7(2)16-17-8(11)3)15-10-4-9(12)13-5-14-10/h4-6H,1-3H3,(H,13,14,15). The molecule has 0 spiro atoms. The van der Waals surface area contributed by atoms with Crippen LogP contribution in [0, 0.1) is 19.8 Å². The van der Waals surface area contributed by atoms with Gasteiger partial charge in [-0.25, -0.2) is 9.97 Å². The van der Waals surface area contributed by atoms with Gasteiger partial charge in [0.25, 0.3) is 0 Å². The van der Waals surface area contributed by atoms with Gasteiger partial charge in [-0.15, -0.1) is 0 Å². The van der Waals surface area contributed by atoms with Gasteiger partial charge in [0.15, 0.2) is 0 Å². The van der Waals surface area contributed by atoms with E-state index in [1.165, 1.54) is 12.4 Å². The molecule has 0 saturated heterocycles. The second-order valence-electron chi connectivity index (χ2n) is 3.83. The Labute approximate surface area is 98.1 Å². The SMILES string of the molecule is Cc1noc(C)c1C(C)Nc1cc(F)ncn1. The number of nitrogens with zero attached hydrogens (tertiary/aromatic N) is 3. The van der Waals surface area contributed by atoms with Gasteiger partial charge in [-0.3, -0.25) is 0 Å². The van der Waals surface area contributed by atoms with E-state index in [0.29, 0.717) is 5.82 Å². The molecule has 0 aliphatic rings. The second-order valence-corrected chi connectivity index (χ2v) is 3.83. The number of halogens is 1. The highest BCUT2D eigenvalue weighted by molar-refractivity contribution is 5.38. The van der Waals surface area contributed by atoms with Crippen LogP contribution in [0.5, 0.6) is 0 Å². The van der Waals surface area contributed by atoms with E-state index in [-0.39, 0.29) is 6.04 Å². The van der Waals surface area contributed by atoms with Gasteiger partial charge in [-0.1, -0.05) is 5.16 Å². The Morgan fingerprint density at radius 1 is 1.35 bits per heavy atom. The van der Waals surface area contributed by atoms with E-state index in [9.17, 15) is 4.39 Å². The summed E-state index contributed by atoms with van der Waals surface area (Å²) < 4.78 is 18.0. The average molecular weight is 236 g/mol. The summed E-state index contributed by atoms with van der Waals surface area (Å²) in [6.07, 6.45) is 1.18.